The normalized spacial score (nSPS) is 13.2. The number of nitrogens with one attached hydrogen (secondary N) is 1. The van der Waals surface area contributed by atoms with Gasteiger partial charge in [0.1, 0.15) is 0 Å². The van der Waals surface area contributed by atoms with Crippen LogP contribution in [-0.4, -0.2) is 0 Å². The van der Waals surface area contributed by atoms with Crippen molar-refractivity contribution in [2.45, 2.75) is 32.5 Å². The Bertz CT molecular complexity index is 561. The molecule has 0 amide bonds. The van der Waals surface area contributed by atoms with Gasteiger partial charge < -0.3 is 5.32 Å². The highest BCUT2D eigenvalue weighted by molar-refractivity contribution is 7.10. The summed E-state index contributed by atoms with van der Waals surface area (Å²) in [6.07, 6.45) is -3.50. The second-order valence-corrected chi connectivity index (χ2v) is 5.63. The van der Waals surface area contributed by atoms with Gasteiger partial charge in [-0.1, -0.05) is 19.1 Å². The van der Waals surface area contributed by atoms with E-state index in [1.165, 1.54) is 19.1 Å². The average molecular weight is 299 g/mol. The highest BCUT2D eigenvalue weighted by Gasteiger charge is 2.32. The maximum Gasteiger partial charge on any atom is 0.416 e. The maximum atomic E-state index is 12.9. The molecule has 0 aliphatic rings. The minimum atomic E-state index is -4.31. The van der Waals surface area contributed by atoms with Gasteiger partial charge in [0, 0.05) is 10.6 Å². The van der Waals surface area contributed by atoms with Crippen molar-refractivity contribution in [1.29, 1.82) is 0 Å². The number of hydrogen-bond acceptors (Lipinski definition) is 2. The zero-order valence-corrected chi connectivity index (χ0v) is 12.1. The first kappa shape index (κ1) is 14.9. The molecule has 0 saturated carbocycles. The average Bonchev–Trinajstić information content (AvgIpc) is 2.90. The molecular formula is C15H16F3NS. The van der Waals surface area contributed by atoms with Crippen molar-refractivity contribution in [3.05, 3.63) is 51.7 Å². The molecule has 0 radical (unpaired) electrons. The summed E-state index contributed by atoms with van der Waals surface area (Å²) in [5.74, 6) is 0. The van der Waals surface area contributed by atoms with Crippen molar-refractivity contribution in [2.75, 3.05) is 5.32 Å². The van der Waals surface area contributed by atoms with E-state index in [9.17, 15) is 13.2 Å². The molecule has 2 aromatic rings. The minimum absolute atomic E-state index is 0.0405. The van der Waals surface area contributed by atoms with E-state index in [2.05, 4.69) is 5.32 Å². The summed E-state index contributed by atoms with van der Waals surface area (Å²) in [6.45, 7) is 3.49. The molecule has 0 spiro atoms. The number of alkyl halides is 3. The second kappa shape index (κ2) is 5.87. The Labute approximate surface area is 120 Å². The number of hydrogen-bond donors (Lipinski definition) is 1. The Morgan fingerprint density at radius 2 is 2.00 bits per heavy atom. The van der Waals surface area contributed by atoms with Crippen molar-refractivity contribution >= 4 is 17.0 Å². The quantitative estimate of drug-likeness (QED) is 0.770. The van der Waals surface area contributed by atoms with E-state index < -0.39 is 11.7 Å². The predicted octanol–water partition coefficient (Wildman–Crippen LogP) is 5.64. The van der Waals surface area contributed by atoms with Gasteiger partial charge in [0.05, 0.1) is 11.6 Å². The Hall–Kier alpha value is -1.49. The molecule has 1 heterocycles. The summed E-state index contributed by atoms with van der Waals surface area (Å²) in [6, 6.07) is 8.36. The lowest BCUT2D eigenvalue weighted by Gasteiger charge is -2.19. The fourth-order valence-corrected chi connectivity index (χ4v) is 2.94. The molecule has 0 aliphatic heterocycles. The van der Waals surface area contributed by atoms with Crippen LogP contribution in [0.15, 0.2) is 35.7 Å². The van der Waals surface area contributed by atoms with Gasteiger partial charge in [0.25, 0.3) is 0 Å². The first-order valence-electron chi connectivity index (χ1n) is 6.39. The Balaban J connectivity index is 2.25. The molecule has 0 bridgehead atoms. The third kappa shape index (κ3) is 3.33. The molecule has 0 aliphatic carbocycles. The smallest absolute Gasteiger partial charge is 0.377 e. The lowest BCUT2D eigenvalue weighted by Crippen LogP contribution is -2.11. The SMILES string of the molecule is CCC(Nc1ccc(C)c(C(F)(F)F)c1)c1cccs1. The highest BCUT2D eigenvalue weighted by Crippen LogP contribution is 2.34. The van der Waals surface area contributed by atoms with Crippen LogP contribution in [-0.2, 0) is 6.18 Å². The number of rotatable bonds is 4. The zero-order chi connectivity index (χ0) is 14.8. The molecule has 2 rings (SSSR count). The molecule has 0 fully saturated rings. The predicted molar refractivity (Wildman–Crippen MR) is 77.2 cm³/mol. The van der Waals surface area contributed by atoms with Crippen molar-refractivity contribution in [1.82, 2.24) is 0 Å². The van der Waals surface area contributed by atoms with Crippen molar-refractivity contribution in [3.8, 4) is 0 Å². The van der Waals surface area contributed by atoms with Gasteiger partial charge in [0.15, 0.2) is 0 Å². The molecule has 1 aromatic carbocycles. The maximum absolute atomic E-state index is 12.9. The molecule has 1 unspecified atom stereocenters. The fourth-order valence-electron chi connectivity index (χ4n) is 2.08. The summed E-state index contributed by atoms with van der Waals surface area (Å²) in [7, 11) is 0. The summed E-state index contributed by atoms with van der Waals surface area (Å²) >= 11 is 1.60. The Morgan fingerprint density at radius 1 is 1.25 bits per heavy atom. The van der Waals surface area contributed by atoms with Crippen LogP contribution >= 0.6 is 11.3 Å². The van der Waals surface area contributed by atoms with Crippen LogP contribution in [0.5, 0.6) is 0 Å². The van der Waals surface area contributed by atoms with E-state index >= 15 is 0 Å². The first-order chi connectivity index (χ1) is 9.41. The third-order valence-corrected chi connectivity index (χ3v) is 4.16. The Morgan fingerprint density at radius 3 is 2.55 bits per heavy atom. The van der Waals surface area contributed by atoms with Crippen molar-refractivity contribution in [2.24, 2.45) is 0 Å². The summed E-state index contributed by atoms with van der Waals surface area (Å²) in [5, 5.41) is 5.15. The molecule has 20 heavy (non-hydrogen) atoms. The summed E-state index contributed by atoms with van der Waals surface area (Å²) < 4.78 is 38.7. The topological polar surface area (TPSA) is 12.0 Å². The lowest BCUT2D eigenvalue weighted by molar-refractivity contribution is -0.138. The van der Waals surface area contributed by atoms with Crippen LogP contribution in [0.25, 0.3) is 0 Å². The highest BCUT2D eigenvalue weighted by atomic mass is 32.1. The van der Waals surface area contributed by atoms with E-state index in [0.29, 0.717) is 5.69 Å². The van der Waals surface area contributed by atoms with Crippen LogP contribution in [0.2, 0.25) is 0 Å². The summed E-state index contributed by atoms with van der Waals surface area (Å²) in [5.41, 5.74) is 0.166. The molecule has 108 valence electrons. The van der Waals surface area contributed by atoms with E-state index in [-0.39, 0.29) is 11.6 Å². The molecule has 1 nitrogen and oxygen atoms in total. The molecule has 1 atom stereocenters. The van der Waals surface area contributed by atoms with Crippen LogP contribution in [0.3, 0.4) is 0 Å². The second-order valence-electron chi connectivity index (χ2n) is 4.65. The fraction of sp³-hybridized carbons (Fsp3) is 0.333. The van der Waals surface area contributed by atoms with E-state index in [4.69, 9.17) is 0 Å². The number of anilines is 1. The van der Waals surface area contributed by atoms with Gasteiger partial charge in [-0.05, 0) is 42.5 Å². The first-order valence-corrected chi connectivity index (χ1v) is 7.27. The summed E-state index contributed by atoms with van der Waals surface area (Å²) in [4.78, 5) is 1.13. The lowest BCUT2D eigenvalue weighted by atomic mass is 10.1. The van der Waals surface area contributed by atoms with E-state index in [0.717, 1.165) is 11.3 Å². The van der Waals surface area contributed by atoms with Crippen LogP contribution in [0, 0.1) is 6.92 Å². The molecule has 1 N–H and O–H groups in total. The van der Waals surface area contributed by atoms with Gasteiger partial charge in [-0.2, -0.15) is 13.2 Å². The van der Waals surface area contributed by atoms with Gasteiger partial charge >= 0.3 is 6.18 Å². The van der Waals surface area contributed by atoms with E-state index in [1.54, 1.807) is 17.4 Å². The van der Waals surface area contributed by atoms with Gasteiger partial charge in [0.2, 0.25) is 0 Å². The van der Waals surface area contributed by atoms with Gasteiger partial charge in [-0.25, -0.2) is 0 Å². The molecular weight excluding hydrogens is 283 g/mol. The zero-order valence-electron chi connectivity index (χ0n) is 11.3. The number of thiophene rings is 1. The molecule has 5 heteroatoms. The van der Waals surface area contributed by atoms with Crippen molar-refractivity contribution in [3.63, 3.8) is 0 Å². The van der Waals surface area contributed by atoms with Crippen LogP contribution in [0.1, 0.15) is 35.4 Å². The molecule has 0 saturated heterocycles. The Kier molecular flexibility index (Phi) is 4.38. The standard InChI is InChI=1S/C15H16F3NS/c1-3-13(14-5-4-8-20-14)19-11-7-6-10(2)12(9-11)15(16,17)18/h4-9,13,19H,3H2,1-2H3. The number of benzene rings is 1. The number of aryl methyl sites for hydroxylation is 1. The van der Waals surface area contributed by atoms with Gasteiger partial charge in [-0.3, -0.25) is 0 Å². The van der Waals surface area contributed by atoms with Crippen LogP contribution < -0.4 is 5.32 Å². The van der Waals surface area contributed by atoms with Crippen LogP contribution in [0.4, 0.5) is 18.9 Å². The van der Waals surface area contributed by atoms with E-state index in [1.807, 2.05) is 24.4 Å². The minimum Gasteiger partial charge on any atom is -0.377 e. The molecule has 1 aromatic heterocycles. The number of halogens is 3. The van der Waals surface area contributed by atoms with Crippen molar-refractivity contribution < 1.29 is 13.2 Å². The largest absolute Gasteiger partial charge is 0.416 e. The van der Waals surface area contributed by atoms with Gasteiger partial charge in [-0.15, -0.1) is 11.3 Å². The monoisotopic (exact) mass is 299 g/mol. The third-order valence-electron chi connectivity index (χ3n) is 3.18.